The van der Waals surface area contributed by atoms with Crippen molar-refractivity contribution in [2.75, 3.05) is 13.1 Å². The lowest BCUT2D eigenvalue weighted by molar-refractivity contribution is -0.130. The maximum absolute atomic E-state index is 11.9. The van der Waals surface area contributed by atoms with Gasteiger partial charge >= 0.3 is 0 Å². The van der Waals surface area contributed by atoms with Crippen LogP contribution in [0.4, 0.5) is 0 Å². The third-order valence-electron chi connectivity index (χ3n) is 6.11. The molecular weight excluding hydrogens is 342 g/mol. The lowest BCUT2D eigenvalue weighted by Gasteiger charge is -2.14. The van der Waals surface area contributed by atoms with Gasteiger partial charge in [0.15, 0.2) is 0 Å². The summed E-state index contributed by atoms with van der Waals surface area (Å²) < 4.78 is 0. The number of amides is 1. The highest BCUT2D eigenvalue weighted by atomic mass is 16.2. The highest BCUT2D eigenvalue weighted by Crippen LogP contribution is 2.14. The van der Waals surface area contributed by atoms with E-state index in [1.807, 2.05) is 0 Å². The Morgan fingerprint density at radius 2 is 1.07 bits per heavy atom. The minimum atomic E-state index is 0.399. The molecule has 0 N–H and O–H groups in total. The van der Waals surface area contributed by atoms with Gasteiger partial charge in [0.25, 0.3) is 0 Å². The van der Waals surface area contributed by atoms with Crippen molar-refractivity contribution in [1.29, 1.82) is 0 Å². The van der Waals surface area contributed by atoms with E-state index < -0.39 is 0 Å². The summed E-state index contributed by atoms with van der Waals surface area (Å²) in [6.07, 6.45) is 31.0. The maximum atomic E-state index is 11.9. The second-order valence-electron chi connectivity index (χ2n) is 8.84. The number of hydrogen-bond acceptors (Lipinski definition) is 1. The van der Waals surface area contributed by atoms with E-state index in [1.54, 1.807) is 0 Å². The Labute approximate surface area is 176 Å². The van der Waals surface area contributed by atoms with Gasteiger partial charge in [0.05, 0.1) is 0 Å². The minimum Gasteiger partial charge on any atom is -0.343 e. The normalized spacial score (nSPS) is 14.4. The molecule has 1 aliphatic rings. The monoisotopic (exact) mass is 391 g/mol. The Morgan fingerprint density at radius 1 is 0.643 bits per heavy atom. The smallest absolute Gasteiger partial charge is 0.222 e. The molecule has 164 valence electrons. The summed E-state index contributed by atoms with van der Waals surface area (Å²) in [5.74, 6) is 0.399. The van der Waals surface area contributed by atoms with E-state index in [-0.39, 0.29) is 0 Å². The fourth-order valence-corrected chi connectivity index (χ4v) is 4.18. The standard InChI is InChI=1S/C26H49NO/c1-2-3-4-5-6-7-8-9-10-11-12-13-14-15-16-17-18-19-20-23-26(28)27-24-21-22-25-27/h11-12H,2-10,13-25H2,1H3/b12-11-. The first-order chi connectivity index (χ1) is 13.8. The number of likely N-dealkylation sites (tertiary alicyclic amines) is 1. The third kappa shape index (κ3) is 15.2. The Hall–Kier alpha value is -0.790. The predicted octanol–water partition coefficient (Wildman–Crippen LogP) is 8.21. The van der Waals surface area contributed by atoms with Crippen molar-refractivity contribution in [3.05, 3.63) is 12.2 Å². The first kappa shape index (κ1) is 25.2. The average molecular weight is 392 g/mol. The number of carbonyl (C=O) groups is 1. The number of nitrogens with zero attached hydrogens (tertiary/aromatic N) is 1. The number of allylic oxidation sites excluding steroid dienone is 2. The molecular formula is C26H49NO. The van der Waals surface area contributed by atoms with Gasteiger partial charge in [-0.1, -0.05) is 96.1 Å². The number of rotatable bonds is 19. The van der Waals surface area contributed by atoms with Gasteiger partial charge in [0.2, 0.25) is 5.91 Å². The molecule has 0 saturated carbocycles. The molecule has 0 unspecified atom stereocenters. The van der Waals surface area contributed by atoms with E-state index in [9.17, 15) is 4.79 Å². The number of unbranched alkanes of at least 4 members (excludes halogenated alkanes) is 15. The van der Waals surface area contributed by atoms with Gasteiger partial charge < -0.3 is 4.90 Å². The summed E-state index contributed by atoms with van der Waals surface area (Å²) in [5, 5.41) is 0. The summed E-state index contributed by atoms with van der Waals surface area (Å²) in [6.45, 7) is 4.30. The molecule has 0 aliphatic carbocycles. The summed E-state index contributed by atoms with van der Waals surface area (Å²) in [4.78, 5) is 14.0. The molecule has 0 atom stereocenters. The average Bonchev–Trinajstić information content (AvgIpc) is 3.24. The lowest BCUT2D eigenvalue weighted by atomic mass is 10.1. The molecule has 0 radical (unpaired) electrons. The molecule has 0 aromatic carbocycles. The zero-order valence-corrected chi connectivity index (χ0v) is 19.1. The van der Waals surface area contributed by atoms with E-state index in [4.69, 9.17) is 0 Å². The zero-order valence-electron chi connectivity index (χ0n) is 19.1. The fraction of sp³-hybridized carbons (Fsp3) is 0.885. The Bertz CT molecular complexity index is 371. The lowest BCUT2D eigenvalue weighted by Crippen LogP contribution is -2.27. The summed E-state index contributed by atoms with van der Waals surface area (Å²) in [7, 11) is 0. The maximum Gasteiger partial charge on any atom is 0.222 e. The van der Waals surface area contributed by atoms with Crippen molar-refractivity contribution < 1.29 is 4.79 Å². The van der Waals surface area contributed by atoms with E-state index >= 15 is 0 Å². The summed E-state index contributed by atoms with van der Waals surface area (Å²) in [6, 6.07) is 0. The molecule has 28 heavy (non-hydrogen) atoms. The zero-order chi connectivity index (χ0) is 20.1. The van der Waals surface area contributed by atoms with Crippen molar-refractivity contribution >= 4 is 5.91 Å². The van der Waals surface area contributed by atoms with Gasteiger partial charge in [-0.3, -0.25) is 4.79 Å². The van der Waals surface area contributed by atoms with Crippen LogP contribution in [0.2, 0.25) is 0 Å². The molecule has 0 aromatic heterocycles. The quantitative estimate of drug-likeness (QED) is 0.160. The fourth-order valence-electron chi connectivity index (χ4n) is 4.18. The van der Waals surface area contributed by atoms with Crippen LogP contribution < -0.4 is 0 Å². The van der Waals surface area contributed by atoms with Crippen LogP contribution in [-0.4, -0.2) is 23.9 Å². The summed E-state index contributed by atoms with van der Waals surface area (Å²) in [5.41, 5.74) is 0. The SMILES string of the molecule is CCCCCCCCCC/C=C\CCCCCCCCCC(=O)N1CCCC1. The Kier molecular flexibility index (Phi) is 17.6. The molecule has 0 spiro atoms. The molecule has 0 bridgehead atoms. The topological polar surface area (TPSA) is 20.3 Å². The van der Waals surface area contributed by atoms with E-state index in [0.717, 1.165) is 25.9 Å². The van der Waals surface area contributed by atoms with Crippen molar-refractivity contribution in [2.45, 2.75) is 135 Å². The van der Waals surface area contributed by atoms with Gasteiger partial charge in [0, 0.05) is 19.5 Å². The van der Waals surface area contributed by atoms with Gasteiger partial charge in [-0.15, -0.1) is 0 Å². The molecule has 1 heterocycles. The van der Waals surface area contributed by atoms with Crippen LogP contribution in [0.15, 0.2) is 12.2 Å². The second kappa shape index (κ2) is 19.5. The number of hydrogen-bond donors (Lipinski definition) is 0. The largest absolute Gasteiger partial charge is 0.343 e. The van der Waals surface area contributed by atoms with Crippen molar-refractivity contribution in [3.63, 3.8) is 0 Å². The highest BCUT2D eigenvalue weighted by Gasteiger charge is 2.16. The van der Waals surface area contributed by atoms with Crippen molar-refractivity contribution in [3.8, 4) is 0 Å². The van der Waals surface area contributed by atoms with E-state index in [0.29, 0.717) is 5.91 Å². The van der Waals surface area contributed by atoms with Gasteiger partial charge in [-0.25, -0.2) is 0 Å². The van der Waals surface area contributed by atoms with Crippen LogP contribution in [0.25, 0.3) is 0 Å². The van der Waals surface area contributed by atoms with Crippen molar-refractivity contribution in [1.82, 2.24) is 4.90 Å². The van der Waals surface area contributed by atoms with Gasteiger partial charge in [0.1, 0.15) is 0 Å². The van der Waals surface area contributed by atoms with Crippen LogP contribution >= 0.6 is 0 Å². The van der Waals surface area contributed by atoms with E-state index in [1.165, 1.54) is 116 Å². The number of carbonyl (C=O) groups excluding carboxylic acids is 1. The molecule has 1 aliphatic heterocycles. The van der Waals surface area contributed by atoms with Gasteiger partial charge in [-0.05, 0) is 44.9 Å². The first-order valence-corrected chi connectivity index (χ1v) is 12.8. The molecule has 0 aromatic rings. The Balaban J connectivity index is 1.72. The van der Waals surface area contributed by atoms with E-state index in [2.05, 4.69) is 24.0 Å². The van der Waals surface area contributed by atoms with Crippen molar-refractivity contribution in [2.24, 2.45) is 0 Å². The van der Waals surface area contributed by atoms with Crippen LogP contribution in [-0.2, 0) is 4.79 Å². The van der Waals surface area contributed by atoms with Crippen LogP contribution in [0.3, 0.4) is 0 Å². The predicted molar refractivity (Wildman–Crippen MR) is 124 cm³/mol. The molecule has 1 saturated heterocycles. The van der Waals surface area contributed by atoms with Gasteiger partial charge in [-0.2, -0.15) is 0 Å². The molecule has 2 nitrogen and oxygen atoms in total. The summed E-state index contributed by atoms with van der Waals surface area (Å²) >= 11 is 0. The first-order valence-electron chi connectivity index (χ1n) is 12.8. The minimum absolute atomic E-state index is 0.399. The molecule has 1 amide bonds. The second-order valence-corrected chi connectivity index (χ2v) is 8.84. The molecule has 1 rings (SSSR count). The van der Waals surface area contributed by atoms with Crippen LogP contribution in [0.5, 0.6) is 0 Å². The molecule has 2 heteroatoms. The third-order valence-corrected chi connectivity index (χ3v) is 6.11. The van der Waals surface area contributed by atoms with Crippen LogP contribution in [0.1, 0.15) is 135 Å². The molecule has 1 fully saturated rings. The Morgan fingerprint density at radius 3 is 1.57 bits per heavy atom. The van der Waals surface area contributed by atoms with Crippen LogP contribution in [0, 0.1) is 0 Å². The highest BCUT2D eigenvalue weighted by molar-refractivity contribution is 5.76.